The van der Waals surface area contributed by atoms with Crippen molar-refractivity contribution in [2.24, 2.45) is 11.7 Å². The van der Waals surface area contributed by atoms with Gasteiger partial charge in [-0.3, -0.25) is 0 Å². The van der Waals surface area contributed by atoms with Crippen LogP contribution in [-0.4, -0.2) is 6.54 Å². The molecule has 34 heavy (non-hydrogen) atoms. The molecule has 0 heterocycles. The van der Waals surface area contributed by atoms with Gasteiger partial charge in [0.25, 0.3) is 0 Å². The molecule has 0 aromatic heterocycles. The van der Waals surface area contributed by atoms with Crippen LogP contribution in [0.25, 0.3) is 0 Å². The highest BCUT2D eigenvalue weighted by molar-refractivity contribution is 4.61. The van der Waals surface area contributed by atoms with Crippen molar-refractivity contribution in [3.63, 3.8) is 0 Å². The summed E-state index contributed by atoms with van der Waals surface area (Å²) in [4.78, 5) is 0. The fourth-order valence-corrected chi connectivity index (χ4v) is 5.46. The van der Waals surface area contributed by atoms with Gasteiger partial charge in [0.05, 0.1) is 0 Å². The smallest absolute Gasteiger partial charge is 0.00489 e. The maximum Gasteiger partial charge on any atom is -0.00489 e. The molecule has 0 bridgehead atoms. The fourth-order valence-electron chi connectivity index (χ4n) is 5.46. The molecule has 0 aliphatic rings. The lowest BCUT2D eigenvalue weighted by Gasteiger charge is -2.14. The largest absolute Gasteiger partial charge is 0.330 e. The summed E-state index contributed by atoms with van der Waals surface area (Å²) >= 11 is 0. The molecule has 1 unspecified atom stereocenters. The van der Waals surface area contributed by atoms with Crippen molar-refractivity contribution in [3.8, 4) is 0 Å². The van der Waals surface area contributed by atoms with Crippen molar-refractivity contribution in [1.29, 1.82) is 0 Å². The highest BCUT2D eigenvalue weighted by atomic mass is 14.5. The Morgan fingerprint density at radius 3 is 0.735 bits per heavy atom. The summed E-state index contributed by atoms with van der Waals surface area (Å²) in [7, 11) is 0. The predicted octanol–water partition coefficient (Wildman–Crippen LogP) is 11.9. The minimum Gasteiger partial charge on any atom is -0.330 e. The Labute approximate surface area is 218 Å². The van der Waals surface area contributed by atoms with Crippen LogP contribution >= 0.6 is 0 Å². The van der Waals surface area contributed by atoms with E-state index in [0.717, 1.165) is 12.5 Å². The SMILES string of the molecule is CCCCCCCCCCCCCCCCCCCCC(CN)CCCCCCCCCCC. The monoisotopic (exact) mass is 480 g/mol. The summed E-state index contributed by atoms with van der Waals surface area (Å²) in [6, 6.07) is 0. The minimum atomic E-state index is 0.797. The standard InChI is InChI=1S/C33H69N/c1-3-5-7-9-11-13-14-15-16-17-18-19-20-21-23-25-27-29-31-33(32-34)30-28-26-24-22-12-10-8-6-4-2/h33H,3-32,34H2,1-2H3. The zero-order valence-corrected chi connectivity index (χ0v) is 24.4. The molecule has 1 nitrogen and oxygen atoms in total. The zero-order valence-electron chi connectivity index (χ0n) is 24.4. The zero-order chi connectivity index (χ0) is 24.8. The fraction of sp³-hybridized carbons (Fsp3) is 1.00. The third kappa shape index (κ3) is 28.2. The quantitative estimate of drug-likeness (QED) is 0.102. The number of unbranched alkanes of at least 4 members (excludes halogenated alkanes) is 25. The minimum absolute atomic E-state index is 0.797. The van der Waals surface area contributed by atoms with Crippen LogP contribution in [0, 0.1) is 5.92 Å². The van der Waals surface area contributed by atoms with Crippen molar-refractivity contribution in [2.45, 2.75) is 200 Å². The summed E-state index contributed by atoms with van der Waals surface area (Å²) in [6.45, 7) is 5.52. The Morgan fingerprint density at radius 2 is 0.529 bits per heavy atom. The Bertz CT molecular complexity index is 339. The van der Waals surface area contributed by atoms with Crippen molar-refractivity contribution in [2.75, 3.05) is 6.54 Å². The van der Waals surface area contributed by atoms with Crippen LogP contribution in [0.3, 0.4) is 0 Å². The van der Waals surface area contributed by atoms with Crippen molar-refractivity contribution < 1.29 is 0 Å². The maximum absolute atomic E-state index is 6.06. The first-order chi connectivity index (χ1) is 16.8. The first kappa shape index (κ1) is 34.0. The van der Waals surface area contributed by atoms with E-state index in [1.165, 1.54) is 186 Å². The molecule has 0 rings (SSSR count). The van der Waals surface area contributed by atoms with Gasteiger partial charge in [-0.05, 0) is 25.3 Å². The molecule has 0 amide bonds. The Kier molecular flexibility index (Phi) is 31.0. The lowest BCUT2D eigenvalue weighted by molar-refractivity contribution is 0.409. The van der Waals surface area contributed by atoms with E-state index in [4.69, 9.17) is 5.73 Å². The number of rotatable bonds is 30. The van der Waals surface area contributed by atoms with Gasteiger partial charge in [0.1, 0.15) is 0 Å². The molecule has 0 aromatic rings. The van der Waals surface area contributed by atoms with E-state index in [-0.39, 0.29) is 0 Å². The molecule has 206 valence electrons. The lowest BCUT2D eigenvalue weighted by atomic mass is 9.94. The van der Waals surface area contributed by atoms with Gasteiger partial charge in [0, 0.05) is 0 Å². The molecule has 0 saturated carbocycles. The van der Waals surface area contributed by atoms with E-state index in [1.54, 1.807) is 0 Å². The molecule has 0 aromatic carbocycles. The molecule has 1 atom stereocenters. The van der Waals surface area contributed by atoms with Gasteiger partial charge in [-0.15, -0.1) is 0 Å². The van der Waals surface area contributed by atoms with Gasteiger partial charge in [-0.25, -0.2) is 0 Å². The highest BCUT2D eigenvalue weighted by Crippen LogP contribution is 2.19. The van der Waals surface area contributed by atoms with Crippen molar-refractivity contribution in [3.05, 3.63) is 0 Å². The van der Waals surface area contributed by atoms with E-state index < -0.39 is 0 Å². The van der Waals surface area contributed by atoms with E-state index >= 15 is 0 Å². The maximum atomic E-state index is 6.06. The molecule has 0 spiro atoms. The van der Waals surface area contributed by atoms with Crippen molar-refractivity contribution in [1.82, 2.24) is 0 Å². The van der Waals surface area contributed by atoms with Crippen LogP contribution in [-0.2, 0) is 0 Å². The third-order valence-electron chi connectivity index (χ3n) is 8.02. The molecular formula is C33H69N. The Hall–Kier alpha value is -0.0400. The van der Waals surface area contributed by atoms with Gasteiger partial charge < -0.3 is 5.73 Å². The second-order valence-electron chi connectivity index (χ2n) is 11.5. The Balaban J connectivity index is 3.22. The van der Waals surface area contributed by atoms with E-state index in [1.807, 2.05) is 0 Å². The first-order valence-electron chi connectivity index (χ1n) is 16.5. The van der Waals surface area contributed by atoms with E-state index in [0.29, 0.717) is 0 Å². The summed E-state index contributed by atoms with van der Waals surface area (Å²) < 4.78 is 0. The van der Waals surface area contributed by atoms with Crippen LogP contribution in [0.4, 0.5) is 0 Å². The lowest BCUT2D eigenvalue weighted by Crippen LogP contribution is -2.14. The number of hydrogen-bond acceptors (Lipinski definition) is 1. The number of nitrogens with two attached hydrogens (primary N) is 1. The molecule has 1 heteroatoms. The third-order valence-corrected chi connectivity index (χ3v) is 8.02. The highest BCUT2D eigenvalue weighted by Gasteiger charge is 2.06. The molecule has 0 saturated heterocycles. The van der Waals surface area contributed by atoms with Gasteiger partial charge in [-0.1, -0.05) is 187 Å². The summed E-state index contributed by atoms with van der Waals surface area (Å²) in [5, 5.41) is 0. The van der Waals surface area contributed by atoms with Gasteiger partial charge in [0.2, 0.25) is 0 Å². The van der Waals surface area contributed by atoms with Crippen LogP contribution in [0.5, 0.6) is 0 Å². The molecule has 0 fully saturated rings. The second kappa shape index (κ2) is 31.0. The molecular weight excluding hydrogens is 410 g/mol. The van der Waals surface area contributed by atoms with E-state index in [2.05, 4.69) is 13.8 Å². The molecule has 0 aliphatic carbocycles. The predicted molar refractivity (Wildman–Crippen MR) is 158 cm³/mol. The summed E-state index contributed by atoms with van der Waals surface area (Å²) in [5.41, 5.74) is 6.06. The van der Waals surface area contributed by atoms with Gasteiger partial charge in [0.15, 0.2) is 0 Å². The van der Waals surface area contributed by atoms with Gasteiger partial charge in [-0.2, -0.15) is 0 Å². The normalized spacial score (nSPS) is 12.4. The van der Waals surface area contributed by atoms with E-state index in [9.17, 15) is 0 Å². The Morgan fingerprint density at radius 1 is 0.324 bits per heavy atom. The topological polar surface area (TPSA) is 26.0 Å². The van der Waals surface area contributed by atoms with Crippen LogP contribution in [0.15, 0.2) is 0 Å². The summed E-state index contributed by atoms with van der Waals surface area (Å²) in [6.07, 6.45) is 42.0. The number of hydrogen-bond donors (Lipinski definition) is 1. The first-order valence-corrected chi connectivity index (χ1v) is 16.5. The van der Waals surface area contributed by atoms with Crippen molar-refractivity contribution >= 4 is 0 Å². The van der Waals surface area contributed by atoms with Crippen LogP contribution < -0.4 is 5.73 Å². The molecule has 2 N–H and O–H groups in total. The average molecular weight is 480 g/mol. The average Bonchev–Trinajstić information content (AvgIpc) is 2.85. The second-order valence-corrected chi connectivity index (χ2v) is 11.5. The summed E-state index contributed by atoms with van der Waals surface area (Å²) in [5.74, 6) is 0.797. The van der Waals surface area contributed by atoms with Crippen LogP contribution in [0.1, 0.15) is 200 Å². The molecule has 0 aliphatic heterocycles. The van der Waals surface area contributed by atoms with Crippen LogP contribution in [0.2, 0.25) is 0 Å². The molecule has 0 radical (unpaired) electrons. The van der Waals surface area contributed by atoms with Gasteiger partial charge >= 0.3 is 0 Å².